The zero-order valence-electron chi connectivity index (χ0n) is 5.41. The number of rotatable bonds is 2. The average molecular weight is 237 g/mol. The Morgan fingerprint density at radius 2 is 1.91 bits per heavy atom. The van der Waals surface area contributed by atoms with Gasteiger partial charge in [0.1, 0.15) is 0 Å². The zero-order chi connectivity index (χ0) is 7.40. The van der Waals surface area contributed by atoms with Gasteiger partial charge in [-0.3, -0.25) is 0 Å². The van der Waals surface area contributed by atoms with E-state index < -0.39 is 0 Å². The number of benzene rings is 1. The maximum Gasteiger partial charge on any atom is 0.0648 e. The number of hydrogen-bond donors (Lipinski definition) is 0. The molecule has 0 aliphatic rings. The van der Waals surface area contributed by atoms with Gasteiger partial charge in [-0.1, -0.05) is 17.3 Å². The minimum Gasteiger partial charge on any atom is -0.376 e. The third-order valence-corrected chi connectivity index (χ3v) is 1.11. The second-order valence-corrected chi connectivity index (χ2v) is 1.71. The summed E-state index contributed by atoms with van der Waals surface area (Å²) in [7, 11) is 0. The minimum absolute atomic E-state index is 0. The Labute approximate surface area is 76.5 Å². The molecule has 0 atom stereocenters. The van der Waals surface area contributed by atoms with Gasteiger partial charge < -0.3 is 4.79 Å². The van der Waals surface area contributed by atoms with Gasteiger partial charge in [0.05, 0.1) is 6.29 Å². The summed E-state index contributed by atoms with van der Waals surface area (Å²) in [5, 5.41) is 2.63. The van der Waals surface area contributed by atoms with E-state index in [1.165, 1.54) is 12.1 Å². The Balaban J connectivity index is 0.000001000. The Morgan fingerprint density at radius 1 is 1.27 bits per heavy atom. The van der Waals surface area contributed by atoms with Gasteiger partial charge in [-0.2, -0.15) is 11.0 Å². The van der Waals surface area contributed by atoms with Crippen molar-refractivity contribution in [2.45, 2.75) is 0 Å². The summed E-state index contributed by atoms with van der Waals surface area (Å²) in [5.74, 6) is 0. The van der Waals surface area contributed by atoms with Crippen molar-refractivity contribution in [1.29, 1.82) is 0 Å². The monoisotopic (exact) mass is 237 g/mol. The fraction of sp³-hybridized carbons (Fsp3) is 0. The molecule has 0 aliphatic heterocycles. The van der Waals surface area contributed by atoms with Gasteiger partial charge in [0.15, 0.2) is 0 Å². The van der Waals surface area contributed by atoms with Crippen molar-refractivity contribution in [3.8, 4) is 0 Å². The first kappa shape index (κ1) is 10.1. The first-order chi connectivity index (χ1) is 4.88. The summed E-state index contributed by atoms with van der Waals surface area (Å²) in [6.45, 7) is 0. The van der Waals surface area contributed by atoms with E-state index in [1.54, 1.807) is 18.4 Å². The Morgan fingerprint density at radius 3 is 2.36 bits per heavy atom. The van der Waals surface area contributed by atoms with E-state index in [-0.39, 0.29) is 30.7 Å². The van der Waals surface area contributed by atoms with Crippen LogP contribution < -0.4 is 0 Å². The van der Waals surface area contributed by atoms with Crippen LogP contribution in [0.2, 0.25) is 0 Å². The summed E-state index contributed by atoms with van der Waals surface area (Å²) in [5.41, 5.74) is 0.343. The second kappa shape index (κ2) is 4.86. The molecular weight excluding hydrogens is 233 g/mol. The molecule has 1 radical (unpaired) electrons. The van der Waals surface area contributed by atoms with E-state index in [9.17, 15) is 9.70 Å². The molecule has 0 saturated heterocycles. The van der Waals surface area contributed by atoms with Gasteiger partial charge in [-0.05, 0) is 0 Å². The van der Waals surface area contributed by atoms with Crippen LogP contribution in [-0.4, -0.2) is 6.29 Å². The van der Waals surface area contributed by atoms with E-state index in [0.29, 0.717) is 0 Å². The maximum absolute atomic E-state index is 10.1. The van der Waals surface area contributed by atoms with Gasteiger partial charge >= 0.3 is 0 Å². The molecule has 1 rings (SSSR count). The van der Waals surface area contributed by atoms with Crippen LogP contribution in [0.3, 0.4) is 0 Å². The Hall–Kier alpha value is -0.887. The molecule has 0 saturated carbocycles. The number of nitroso groups, excluding NO2 is 1. The van der Waals surface area contributed by atoms with E-state index in [2.05, 4.69) is 5.18 Å². The van der Waals surface area contributed by atoms with Crippen molar-refractivity contribution in [3.63, 3.8) is 0 Å². The summed E-state index contributed by atoms with van der Waals surface area (Å²) >= 11 is 0. The fourth-order valence-electron chi connectivity index (χ4n) is 0.640. The van der Waals surface area contributed by atoms with Crippen LogP contribution in [0.25, 0.3) is 0 Å². The fourth-order valence-corrected chi connectivity index (χ4v) is 0.640. The molecule has 0 aliphatic carbocycles. The molecule has 1 aromatic rings. The third-order valence-electron chi connectivity index (χ3n) is 1.11. The Kier molecular flexibility index (Phi) is 4.47. The largest absolute Gasteiger partial charge is 0.376 e. The van der Waals surface area contributed by atoms with Gasteiger partial charge in [0, 0.05) is 25.2 Å². The molecule has 3 nitrogen and oxygen atoms in total. The van der Waals surface area contributed by atoms with Crippen LogP contribution in [0.15, 0.2) is 29.4 Å². The SMILES string of the molecule is O=[C-]c1ccccc1N=O.[Rh]. The smallest absolute Gasteiger partial charge is 0.0648 e. The van der Waals surface area contributed by atoms with Crippen LogP contribution in [0.1, 0.15) is 5.56 Å². The van der Waals surface area contributed by atoms with E-state index in [0.717, 1.165) is 0 Å². The molecule has 0 aromatic heterocycles. The quantitative estimate of drug-likeness (QED) is 0.445. The van der Waals surface area contributed by atoms with E-state index in [4.69, 9.17) is 0 Å². The molecule has 59 valence electrons. The molecule has 0 heterocycles. The second-order valence-electron chi connectivity index (χ2n) is 1.71. The molecule has 11 heavy (non-hydrogen) atoms. The van der Waals surface area contributed by atoms with Crippen molar-refractivity contribution in [2.75, 3.05) is 0 Å². The van der Waals surface area contributed by atoms with Gasteiger partial charge in [-0.15, -0.1) is 11.6 Å². The number of nitrogens with zero attached hydrogens (tertiary/aromatic N) is 1. The van der Waals surface area contributed by atoms with Crippen molar-refractivity contribution in [3.05, 3.63) is 34.7 Å². The molecule has 4 heteroatoms. The molecule has 0 unspecified atom stereocenters. The number of hydrogen-bond acceptors (Lipinski definition) is 3. The van der Waals surface area contributed by atoms with Crippen molar-refractivity contribution in [1.82, 2.24) is 0 Å². The van der Waals surface area contributed by atoms with Crippen molar-refractivity contribution in [2.24, 2.45) is 5.18 Å². The molecule has 0 fully saturated rings. The van der Waals surface area contributed by atoms with Gasteiger partial charge in [0.2, 0.25) is 0 Å². The Bertz CT molecular complexity index is 235. The summed E-state index contributed by atoms with van der Waals surface area (Å²) in [6.07, 6.45) is 1.60. The van der Waals surface area contributed by atoms with Crippen molar-refractivity contribution < 1.29 is 24.3 Å². The van der Waals surface area contributed by atoms with Gasteiger partial charge in [-0.25, -0.2) is 0 Å². The minimum atomic E-state index is 0. The topological polar surface area (TPSA) is 46.5 Å². The van der Waals surface area contributed by atoms with Crippen molar-refractivity contribution >= 4 is 12.0 Å². The summed E-state index contributed by atoms with van der Waals surface area (Å²) < 4.78 is 0. The summed E-state index contributed by atoms with van der Waals surface area (Å²) in [6, 6.07) is 6.24. The molecular formula is C7H4NO2Rh-. The first-order valence-electron chi connectivity index (χ1n) is 2.69. The molecule has 0 bridgehead atoms. The van der Waals surface area contributed by atoms with Crippen LogP contribution >= 0.6 is 0 Å². The molecule has 0 spiro atoms. The molecule has 0 amide bonds. The molecule has 0 N–H and O–H groups in total. The predicted octanol–water partition coefficient (Wildman–Crippen LogP) is 1.54. The average Bonchev–Trinajstić information content (AvgIpc) is 2.04. The molecule has 1 aromatic carbocycles. The van der Waals surface area contributed by atoms with Crippen LogP contribution in [0, 0.1) is 4.91 Å². The van der Waals surface area contributed by atoms with Gasteiger partial charge in [0.25, 0.3) is 0 Å². The number of carbonyl (C=O) groups excluding carboxylic acids is 1. The van der Waals surface area contributed by atoms with Crippen LogP contribution in [-0.2, 0) is 24.3 Å². The standard InChI is InChI=1S/C7H4NO2.Rh/c9-5-6-3-1-2-4-7(6)8-10;/h1-4H;/q-1;. The van der Waals surface area contributed by atoms with Crippen LogP contribution in [0.4, 0.5) is 5.69 Å². The van der Waals surface area contributed by atoms with E-state index >= 15 is 0 Å². The first-order valence-corrected chi connectivity index (χ1v) is 2.69. The summed E-state index contributed by atoms with van der Waals surface area (Å²) in [4.78, 5) is 20.0. The van der Waals surface area contributed by atoms with E-state index in [1.807, 2.05) is 0 Å². The predicted molar refractivity (Wildman–Crippen MR) is 36.7 cm³/mol. The maximum atomic E-state index is 10.1. The zero-order valence-corrected chi connectivity index (χ0v) is 7.05. The van der Waals surface area contributed by atoms with Crippen LogP contribution in [0.5, 0.6) is 0 Å². The third kappa shape index (κ3) is 2.32. The normalized spacial score (nSPS) is 8.00.